The Kier molecular flexibility index (Phi) is 8.88. The molecule has 0 aliphatic heterocycles. The summed E-state index contributed by atoms with van der Waals surface area (Å²) >= 11 is 0. The van der Waals surface area contributed by atoms with Gasteiger partial charge < -0.3 is 24.8 Å². The van der Waals surface area contributed by atoms with Crippen molar-refractivity contribution in [2.24, 2.45) is 0 Å². The predicted octanol–water partition coefficient (Wildman–Crippen LogP) is 4.33. The highest BCUT2D eigenvalue weighted by molar-refractivity contribution is 5.96. The van der Waals surface area contributed by atoms with Crippen LogP contribution in [0.5, 0.6) is 5.75 Å². The van der Waals surface area contributed by atoms with E-state index in [9.17, 15) is 9.90 Å². The first-order valence-corrected chi connectivity index (χ1v) is 12.7. The average Bonchev–Trinajstić information content (AvgIpc) is 3.45. The molecule has 0 spiro atoms. The number of rotatable bonds is 12. The van der Waals surface area contributed by atoms with Crippen molar-refractivity contribution in [2.45, 2.75) is 32.9 Å². The van der Waals surface area contributed by atoms with Crippen molar-refractivity contribution >= 4 is 28.3 Å². The van der Waals surface area contributed by atoms with Crippen LogP contribution in [-0.4, -0.2) is 64.7 Å². The number of methoxy groups -OCH3 is 1. The summed E-state index contributed by atoms with van der Waals surface area (Å²) < 4.78 is 13.2. The number of carbonyl (C=O) groups excluding carboxylic acids is 1. The molecular formula is C28H34N6O4. The number of hydrogen-bond acceptors (Lipinski definition) is 8. The van der Waals surface area contributed by atoms with Gasteiger partial charge in [0.15, 0.2) is 0 Å². The molecule has 1 amide bonds. The Labute approximate surface area is 222 Å². The van der Waals surface area contributed by atoms with Crippen LogP contribution in [0.4, 0.5) is 11.4 Å². The Hall–Kier alpha value is -4.02. The van der Waals surface area contributed by atoms with Gasteiger partial charge in [-0.05, 0) is 43.2 Å². The minimum Gasteiger partial charge on any atom is -0.497 e. The lowest BCUT2D eigenvalue weighted by Crippen LogP contribution is -2.23. The maximum absolute atomic E-state index is 12.3. The van der Waals surface area contributed by atoms with Crippen LogP contribution in [-0.2, 0) is 4.74 Å². The molecule has 1 unspecified atom stereocenters. The maximum Gasteiger partial charge on any atom is 0.251 e. The molecule has 0 bridgehead atoms. The third kappa shape index (κ3) is 5.92. The molecule has 10 heteroatoms. The van der Waals surface area contributed by atoms with Crippen LogP contribution in [0, 0.1) is 0 Å². The van der Waals surface area contributed by atoms with Gasteiger partial charge in [0.2, 0.25) is 0 Å². The van der Waals surface area contributed by atoms with E-state index in [0.717, 1.165) is 29.6 Å². The Balaban J connectivity index is 1.70. The number of amides is 1. The lowest BCUT2D eigenvalue weighted by molar-refractivity contribution is -0.00813. The first kappa shape index (κ1) is 27.0. The lowest BCUT2D eigenvalue weighted by atomic mass is 10.1. The van der Waals surface area contributed by atoms with Gasteiger partial charge in [-0.1, -0.05) is 13.8 Å². The molecule has 0 aliphatic carbocycles. The molecule has 0 aliphatic rings. The van der Waals surface area contributed by atoms with Crippen molar-refractivity contribution < 1.29 is 19.4 Å². The van der Waals surface area contributed by atoms with Gasteiger partial charge >= 0.3 is 0 Å². The van der Waals surface area contributed by atoms with E-state index in [4.69, 9.17) is 14.5 Å². The second-order valence-corrected chi connectivity index (χ2v) is 8.75. The first-order chi connectivity index (χ1) is 18.5. The SMILES string of the molecule is CCCOC(CC)n1cc(-c2cnc3ccc(N(CCO)c4cc(OC)cc(C(=O)NC)c4)cc3n2)cn1. The summed E-state index contributed by atoms with van der Waals surface area (Å²) in [6, 6.07) is 11.0. The first-order valence-electron chi connectivity index (χ1n) is 12.7. The summed E-state index contributed by atoms with van der Waals surface area (Å²) in [6.07, 6.45) is 7.06. The number of benzene rings is 2. The molecule has 4 rings (SSSR count). The molecule has 0 saturated heterocycles. The van der Waals surface area contributed by atoms with Crippen LogP contribution in [0.15, 0.2) is 55.0 Å². The molecule has 1 atom stereocenters. The van der Waals surface area contributed by atoms with Crippen molar-refractivity contribution in [1.29, 1.82) is 0 Å². The highest BCUT2D eigenvalue weighted by atomic mass is 16.5. The second-order valence-electron chi connectivity index (χ2n) is 8.75. The van der Waals surface area contributed by atoms with Crippen LogP contribution < -0.4 is 15.0 Å². The van der Waals surface area contributed by atoms with Gasteiger partial charge in [-0.25, -0.2) is 9.67 Å². The monoisotopic (exact) mass is 518 g/mol. The molecule has 2 heterocycles. The molecule has 2 N–H and O–H groups in total. The number of aliphatic hydroxyl groups is 1. The zero-order valence-corrected chi connectivity index (χ0v) is 22.2. The van der Waals surface area contributed by atoms with Gasteiger partial charge in [0.05, 0.1) is 42.8 Å². The maximum atomic E-state index is 12.3. The summed E-state index contributed by atoms with van der Waals surface area (Å²) in [4.78, 5) is 23.7. The lowest BCUT2D eigenvalue weighted by Gasteiger charge is -2.25. The molecular weight excluding hydrogens is 484 g/mol. The molecule has 0 saturated carbocycles. The fourth-order valence-electron chi connectivity index (χ4n) is 4.21. The minimum atomic E-state index is -0.228. The topological polar surface area (TPSA) is 115 Å². The van der Waals surface area contributed by atoms with E-state index >= 15 is 0 Å². The van der Waals surface area contributed by atoms with Crippen LogP contribution in [0.1, 0.15) is 43.3 Å². The van der Waals surface area contributed by atoms with Crippen LogP contribution >= 0.6 is 0 Å². The number of aromatic nitrogens is 4. The smallest absolute Gasteiger partial charge is 0.251 e. The van der Waals surface area contributed by atoms with Crippen molar-refractivity contribution in [3.8, 4) is 17.0 Å². The van der Waals surface area contributed by atoms with E-state index < -0.39 is 0 Å². The van der Waals surface area contributed by atoms with E-state index in [2.05, 4.69) is 29.2 Å². The van der Waals surface area contributed by atoms with E-state index in [-0.39, 0.29) is 18.7 Å². The summed E-state index contributed by atoms with van der Waals surface area (Å²) in [5.41, 5.74) is 4.94. The van der Waals surface area contributed by atoms with Crippen LogP contribution in [0.25, 0.3) is 22.3 Å². The highest BCUT2D eigenvalue weighted by Crippen LogP contribution is 2.32. The normalized spacial score (nSPS) is 11.9. The van der Waals surface area contributed by atoms with Crippen molar-refractivity contribution in [3.05, 3.63) is 60.6 Å². The number of hydrogen-bond donors (Lipinski definition) is 2. The number of ether oxygens (including phenoxy) is 2. The summed E-state index contributed by atoms with van der Waals surface area (Å²) in [5, 5.41) is 17.0. The van der Waals surface area contributed by atoms with Gasteiger partial charge in [-0.3, -0.25) is 9.78 Å². The number of aliphatic hydroxyl groups excluding tert-OH is 1. The van der Waals surface area contributed by atoms with Crippen molar-refractivity contribution in [2.75, 3.05) is 38.8 Å². The summed E-state index contributed by atoms with van der Waals surface area (Å²) in [6.45, 7) is 5.04. The molecule has 38 heavy (non-hydrogen) atoms. The predicted molar refractivity (Wildman–Crippen MR) is 147 cm³/mol. The van der Waals surface area contributed by atoms with Crippen LogP contribution in [0.3, 0.4) is 0 Å². The fraction of sp³-hybridized carbons (Fsp3) is 0.357. The average molecular weight is 519 g/mol. The van der Waals surface area contributed by atoms with Gasteiger partial charge in [0.1, 0.15) is 12.0 Å². The quantitative estimate of drug-likeness (QED) is 0.285. The zero-order chi connectivity index (χ0) is 27.1. The van der Waals surface area contributed by atoms with Gasteiger partial charge in [0.25, 0.3) is 5.91 Å². The Morgan fingerprint density at radius 3 is 2.68 bits per heavy atom. The summed E-state index contributed by atoms with van der Waals surface area (Å²) in [5.74, 6) is 0.311. The molecule has 0 fully saturated rings. The van der Waals surface area contributed by atoms with E-state index in [1.54, 1.807) is 38.7 Å². The number of carbonyl (C=O) groups is 1. The number of anilines is 2. The van der Waals surface area contributed by atoms with Crippen molar-refractivity contribution in [3.63, 3.8) is 0 Å². The zero-order valence-electron chi connectivity index (χ0n) is 22.2. The van der Waals surface area contributed by atoms with E-state index in [0.29, 0.717) is 41.4 Å². The Morgan fingerprint density at radius 1 is 1.13 bits per heavy atom. The molecule has 4 aromatic rings. The van der Waals surface area contributed by atoms with Gasteiger partial charge in [0, 0.05) is 55.0 Å². The molecule has 2 aromatic carbocycles. The number of nitrogens with one attached hydrogen (secondary N) is 1. The number of fused-ring (bicyclic) bond motifs is 1. The Morgan fingerprint density at radius 2 is 1.97 bits per heavy atom. The van der Waals surface area contributed by atoms with E-state index in [1.165, 1.54) is 0 Å². The standard InChI is InChI=1S/C28H34N6O4/c1-5-11-38-27(6-2)34-18-20(16-31-34)26-17-30-24-8-7-21(15-25(24)32-26)33(9-10-35)22-12-19(28(36)29-3)13-23(14-22)37-4/h7-8,12-18,27,35H,5-6,9-11H2,1-4H3,(H,29,36). The molecule has 0 radical (unpaired) electrons. The van der Waals surface area contributed by atoms with Crippen LogP contribution in [0.2, 0.25) is 0 Å². The minimum absolute atomic E-state index is 0.0891. The second kappa shape index (κ2) is 12.5. The fourth-order valence-corrected chi connectivity index (χ4v) is 4.21. The molecule has 200 valence electrons. The Bertz CT molecular complexity index is 1390. The van der Waals surface area contributed by atoms with Gasteiger partial charge in [-0.15, -0.1) is 0 Å². The largest absolute Gasteiger partial charge is 0.497 e. The third-order valence-electron chi connectivity index (χ3n) is 6.14. The van der Waals surface area contributed by atoms with Gasteiger partial charge in [-0.2, -0.15) is 5.10 Å². The van der Waals surface area contributed by atoms with Crippen molar-refractivity contribution in [1.82, 2.24) is 25.1 Å². The number of nitrogens with zero attached hydrogens (tertiary/aromatic N) is 5. The highest BCUT2D eigenvalue weighted by Gasteiger charge is 2.16. The third-order valence-corrected chi connectivity index (χ3v) is 6.14. The van der Waals surface area contributed by atoms with E-state index in [1.807, 2.05) is 40.0 Å². The molecule has 10 nitrogen and oxygen atoms in total. The summed E-state index contributed by atoms with van der Waals surface area (Å²) in [7, 11) is 3.13. The molecule has 2 aromatic heterocycles.